The maximum Gasteiger partial charge on any atom is 0.217 e. The summed E-state index contributed by atoms with van der Waals surface area (Å²) in [6.45, 7) is 14.0. The van der Waals surface area contributed by atoms with Gasteiger partial charge in [-0.25, -0.2) is 0 Å². The van der Waals surface area contributed by atoms with Gasteiger partial charge in [-0.1, -0.05) is 46.5 Å². The van der Waals surface area contributed by atoms with E-state index in [0.29, 0.717) is 6.04 Å². The van der Waals surface area contributed by atoms with Crippen LogP contribution in [0.2, 0.25) is 0 Å². The summed E-state index contributed by atoms with van der Waals surface area (Å²) in [6, 6.07) is 0.478. The van der Waals surface area contributed by atoms with Gasteiger partial charge >= 0.3 is 0 Å². The van der Waals surface area contributed by atoms with Gasteiger partial charge in [-0.3, -0.25) is 4.79 Å². The van der Waals surface area contributed by atoms with Crippen molar-refractivity contribution in [2.75, 3.05) is 32.7 Å². The summed E-state index contributed by atoms with van der Waals surface area (Å²) in [6.07, 6.45) is 8.95. The summed E-state index contributed by atoms with van der Waals surface area (Å²) in [5.41, 5.74) is 0. The van der Waals surface area contributed by atoms with E-state index in [0.717, 1.165) is 0 Å². The minimum atomic E-state index is 0.118. The van der Waals surface area contributed by atoms with Gasteiger partial charge < -0.3 is 15.5 Å². The number of amides is 1. The van der Waals surface area contributed by atoms with Crippen molar-refractivity contribution in [1.29, 1.82) is 0 Å². The van der Waals surface area contributed by atoms with Crippen LogP contribution in [0.4, 0.5) is 0 Å². The highest BCUT2D eigenvalue weighted by Crippen LogP contribution is 2.16. The van der Waals surface area contributed by atoms with Gasteiger partial charge in [-0.05, 0) is 25.8 Å². The fourth-order valence-electron chi connectivity index (χ4n) is 2.85. The fourth-order valence-corrected chi connectivity index (χ4v) is 2.85. The zero-order chi connectivity index (χ0) is 16.6. The molecule has 0 spiro atoms. The molecule has 0 aromatic carbocycles. The largest absolute Gasteiger partial charge is 0.354 e. The van der Waals surface area contributed by atoms with Crippen molar-refractivity contribution in [3.8, 4) is 0 Å². The topological polar surface area (TPSA) is 44.4 Å². The molecular weight excluding hydrogens is 274 g/mol. The number of unbranched alkanes of at least 4 members (excludes halogenated alkanes) is 1. The average Bonchev–Trinajstić information content (AvgIpc) is 2.57. The molecule has 1 aliphatic heterocycles. The lowest BCUT2D eigenvalue weighted by Gasteiger charge is -2.26. The van der Waals surface area contributed by atoms with E-state index in [1.54, 1.807) is 6.92 Å². The summed E-state index contributed by atoms with van der Waals surface area (Å²) < 4.78 is 0. The van der Waals surface area contributed by atoms with Crippen molar-refractivity contribution in [2.45, 2.75) is 78.7 Å². The van der Waals surface area contributed by atoms with Gasteiger partial charge in [0.05, 0.1) is 0 Å². The van der Waals surface area contributed by atoms with Gasteiger partial charge in [-0.2, -0.15) is 0 Å². The number of nitrogens with zero attached hydrogens (tertiary/aromatic N) is 1. The van der Waals surface area contributed by atoms with E-state index in [-0.39, 0.29) is 5.91 Å². The summed E-state index contributed by atoms with van der Waals surface area (Å²) in [4.78, 5) is 13.1. The number of hydrogen-bond donors (Lipinski definition) is 2. The molecule has 0 radical (unpaired) electrons. The highest BCUT2D eigenvalue weighted by Gasteiger charge is 2.12. The molecular formula is C18H39N3O. The van der Waals surface area contributed by atoms with Crippen LogP contribution in [-0.2, 0) is 4.79 Å². The highest BCUT2D eigenvalue weighted by molar-refractivity contribution is 5.73. The van der Waals surface area contributed by atoms with Gasteiger partial charge in [0.2, 0.25) is 5.91 Å². The SMILES string of the molecule is CC.CC(=O)NC1CCCCC1.CCCCN1CCNCC1. The van der Waals surface area contributed by atoms with E-state index < -0.39 is 0 Å². The molecule has 4 heteroatoms. The molecule has 1 saturated heterocycles. The van der Waals surface area contributed by atoms with Crippen LogP contribution in [0.1, 0.15) is 72.6 Å². The van der Waals surface area contributed by atoms with Gasteiger partial charge in [0.1, 0.15) is 0 Å². The molecule has 22 heavy (non-hydrogen) atoms. The van der Waals surface area contributed by atoms with Crippen LogP contribution >= 0.6 is 0 Å². The van der Waals surface area contributed by atoms with E-state index in [1.807, 2.05) is 13.8 Å². The maximum absolute atomic E-state index is 10.6. The molecule has 1 amide bonds. The summed E-state index contributed by atoms with van der Waals surface area (Å²) in [5.74, 6) is 0.118. The van der Waals surface area contributed by atoms with E-state index >= 15 is 0 Å². The molecule has 0 bridgehead atoms. The Balaban J connectivity index is 0.000000360. The monoisotopic (exact) mass is 313 g/mol. The third kappa shape index (κ3) is 12.0. The zero-order valence-corrected chi connectivity index (χ0v) is 15.4. The maximum atomic E-state index is 10.6. The number of rotatable bonds is 4. The lowest BCUT2D eigenvalue weighted by atomic mass is 9.95. The van der Waals surface area contributed by atoms with Crippen LogP contribution < -0.4 is 10.6 Å². The van der Waals surface area contributed by atoms with Gasteiger partial charge in [0.25, 0.3) is 0 Å². The van der Waals surface area contributed by atoms with E-state index in [9.17, 15) is 4.79 Å². The number of nitrogens with one attached hydrogen (secondary N) is 2. The predicted octanol–water partition coefficient (Wildman–Crippen LogP) is 3.17. The summed E-state index contributed by atoms with van der Waals surface area (Å²) >= 11 is 0. The Morgan fingerprint density at radius 2 is 1.73 bits per heavy atom. The van der Waals surface area contributed by atoms with Gasteiger partial charge in [0.15, 0.2) is 0 Å². The van der Waals surface area contributed by atoms with Crippen molar-refractivity contribution >= 4 is 5.91 Å². The van der Waals surface area contributed by atoms with Crippen LogP contribution in [0.25, 0.3) is 0 Å². The molecule has 1 aliphatic carbocycles. The van der Waals surface area contributed by atoms with Crippen molar-refractivity contribution in [1.82, 2.24) is 15.5 Å². The second kappa shape index (κ2) is 15.3. The smallest absolute Gasteiger partial charge is 0.217 e. The lowest BCUT2D eigenvalue weighted by Crippen LogP contribution is -2.43. The van der Waals surface area contributed by atoms with E-state index in [4.69, 9.17) is 0 Å². The fraction of sp³-hybridized carbons (Fsp3) is 0.944. The Hall–Kier alpha value is -0.610. The van der Waals surface area contributed by atoms with Crippen LogP contribution in [0, 0.1) is 0 Å². The third-order valence-electron chi connectivity index (χ3n) is 4.05. The van der Waals surface area contributed by atoms with E-state index in [2.05, 4.69) is 22.5 Å². The second-order valence-corrected chi connectivity index (χ2v) is 5.98. The minimum Gasteiger partial charge on any atom is -0.354 e. The lowest BCUT2D eigenvalue weighted by molar-refractivity contribution is -0.119. The first-order chi connectivity index (χ1) is 10.7. The molecule has 0 aromatic heterocycles. The first-order valence-electron chi connectivity index (χ1n) is 9.42. The molecule has 0 unspecified atom stereocenters. The predicted molar refractivity (Wildman–Crippen MR) is 96.3 cm³/mol. The molecule has 0 aromatic rings. The third-order valence-corrected chi connectivity index (χ3v) is 4.05. The molecule has 1 heterocycles. The Bertz CT molecular complexity index is 247. The van der Waals surface area contributed by atoms with Crippen LogP contribution in [0.5, 0.6) is 0 Å². The molecule has 2 aliphatic rings. The Kier molecular flexibility index (Phi) is 14.9. The molecule has 1 saturated carbocycles. The first kappa shape index (κ1) is 21.4. The molecule has 0 atom stereocenters. The summed E-state index contributed by atoms with van der Waals surface area (Å²) in [5, 5.41) is 6.29. The standard InChI is InChI=1S/C8H18N2.C8H15NO.C2H6/c1-2-3-6-10-7-4-9-5-8-10;1-7(10)9-8-5-3-2-4-6-8;1-2/h9H,2-8H2,1H3;8H,2-6H2,1H3,(H,9,10);1-2H3. The number of carbonyl (C=O) groups is 1. The van der Waals surface area contributed by atoms with Crippen molar-refractivity contribution < 1.29 is 4.79 Å². The number of hydrogen-bond acceptors (Lipinski definition) is 3. The molecule has 2 fully saturated rings. The number of carbonyl (C=O) groups excluding carboxylic acids is 1. The quantitative estimate of drug-likeness (QED) is 0.838. The van der Waals surface area contributed by atoms with Crippen LogP contribution in [-0.4, -0.2) is 49.6 Å². The molecule has 2 N–H and O–H groups in total. The Labute approximate surface area is 138 Å². The average molecular weight is 314 g/mol. The Morgan fingerprint density at radius 1 is 1.14 bits per heavy atom. The second-order valence-electron chi connectivity index (χ2n) is 5.98. The number of piperazine rings is 1. The summed E-state index contributed by atoms with van der Waals surface area (Å²) in [7, 11) is 0. The normalized spacial score (nSPS) is 19.3. The van der Waals surface area contributed by atoms with E-state index in [1.165, 1.54) is 77.7 Å². The zero-order valence-electron chi connectivity index (χ0n) is 15.4. The van der Waals surface area contributed by atoms with Crippen LogP contribution in [0.15, 0.2) is 0 Å². The first-order valence-corrected chi connectivity index (χ1v) is 9.42. The molecule has 2 rings (SSSR count). The molecule has 132 valence electrons. The van der Waals surface area contributed by atoms with Crippen molar-refractivity contribution in [3.05, 3.63) is 0 Å². The molecule has 4 nitrogen and oxygen atoms in total. The van der Waals surface area contributed by atoms with Crippen molar-refractivity contribution in [2.24, 2.45) is 0 Å². The highest BCUT2D eigenvalue weighted by atomic mass is 16.1. The minimum absolute atomic E-state index is 0.118. The van der Waals surface area contributed by atoms with Gasteiger partial charge in [-0.15, -0.1) is 0 Å². The van der Waals surface area contributed by atoms with Gasteiger partial charge in [0, 0.05) is 39.1 Å². The Morgan fingerprint density at radius 3 is 2.23 bits per heavy atom. The van der Waals surface area contributed by atoms with Crippen molar-refractivity contribution in [3.63, 3.8) is 0 Å². The van der Waals surface area contributed by atoms with Crippen LogP contribution in [0.3, 0.4) is 0 Å².